The van der Waals surface area contributed by atoms with Crippen LogP contribution in [0.5, 0.6) is 0 Å². The molecule has 0 aliphatic heterocycles. The Balaban J connectivity index is 1.46. The van der Waals surface area contributed by atoms with Crippen LogP contribution in [0.1, 0.15) is 52.4 Å². The SMILES string of the molecule is Cc1noc(C)c1CSc1ccccc1C(=O)NCCCOC(C)c1ccccc1. The Hall–Kier alpha value is -2.57. The number of hydrogen-bond acceptors (Lipinski definition) is 5. The van der Waals surface area contributed by atoms with E-state index in [1.54, 1.807) is 11.8 Å². The van der Waals surface area contributed by atoms with Gasteiger partial charge in [0.1, 0.15) is 5.76 Å². The Morgan fingerprint density at radius 1 is 1.13 bits per heavy atom. The summed E-state index contributed by atoms with van der Waals surface area (Å²) in [7, 11) is 0. The average molecular weight is 425 g/mol. The van der Waals surface area contributed by atoms with Gasteiger partial charge in [0.25, 0.3) is 5.91 Å². The van der Waals surface area contributed by atoms with Crippen molar-refractivity contribution < 1.29 is 14.1 Å². The molecule has 1 heterocycles. The molecule has 0 saturated carbocycles. The van der Waals surface area contributed by atoms with Crippen molar-refractivity contribution in [3.63, 3.8) is 0 Å². The first-order chi connectivity index (χ1) is 14.6. The number of nitrogens with one attached hydrogen (secondary N) is 1. The Morgan fingerprint density at radius 3 is 2.60 bits per heavy atom. The summed E-state index contributed by atoms with van der Waals surface area (Å²) in [5.41, 5.74) is 3.82. The first kappa shape index (κ1) is 22.1. The van der Waals surface area contributed by atoms with Crippen LogP contribution in [-0.2, 0) is 10.5 Å². The number of amides is 1. The van der Waals surface area contributed by atoms with Crippen molar-refractivity contribution in [2.45, 2.75) is 43.9 Å². The van der Waals surface area contributed by atoms with Gasteiger partial charge in [-0.1, -0.05) is 47.6 Å². The van der Waals surface area contributed by atoms with Crippen LogP contribution in [0.15, 0.2) is 64.0 Å². The number of aromatic nitrogens is 1. The maximum Gasteiger partial charge on any atom is 0.252 e. The highest BCUT2D eigenvalue weighted by atomic mass is 32.2. The summed E-state index contributed by atoms with van der Waals surface area (Å²) < 4.78 is 11.1. The topological polar surface area (TPSA) is 64.4 Å². The molecule has 0 aliphatic carbocycles. The highest BCUT2D eigenvalue weighted by molar-refractivity contribution is 7.98. The Kier molecular flexibility index (Phi) is 8.11. The van der Waals surface area contributed by atoms with E-state index in [-0.39, 0.29) is 12.0 Å². The molecule has 0 saturated heterocycles. The molecule has 0 spiro atoms. The molecule has 0 bridgehead atoms. The van der Waals surface area contributed by atoms with Crippen LogP contribution in [-0.4, -0.2) is 24.2 Å². The molecule has 30 heavy (non-hydrogen) atoms. The van der Waals surface area contributed by atoms with Gasteiger partial charge in [0.15, 0.2) is 0 Å². The number of carbonyl (C=O) groups excluding carboxylic acids is 1. The number of aryl methyl sites for hydroxylation is 2. The van der Waals surface area contributed by atoms with E-state index in [1.165, 1.54) is 0 Å². The number of hydrogen-bond donors (Lipinski definition) is 1. The van der Waals surface area contributed by atoms with Crippen LogP contribution in [0.2, 0.25) is 0 Å². The van der Waals surface area contributed by atoms with E-state index in [9.17, 15) is 4.79 Å². The van der Waals surface area contributed by atoms with Gasteiger partial charge >= 0.3 is 0 Å². The summed E-state index contributed by atoms with van der Waals surface area (Å²) >= 11 is 1.62. The third-order valence-corrected chi connectivity index (χ3v) is 6.03. The molecule has 1 atom stereocenters. The summed E-state index contributed by atoms with van der Waals surface area (Å²) in [6.45, 7) is 7.06. The largest absolute Gasteiger partial charge is 0.374 e. The number of nitrogens with zero attached hydrogens (tertiary/aromatic N) is 1. The maximum atomic E-state index is 12.7. The summed E-state index contributed by atoms with van der Waals surface area (Å²) in [4.78, 5) is 13.6. The zero-order valence-corrected chi connectivity index (χ0v) is 18.5. The second kappa shape index (κ2) is 11.0. The van der Waals surface area contributed by atoms with Crippen LogP contribution in [0.4, 0.5) is 0 Å². The highest BCUT2D eigenvalue weighted by Crippen LogP contribution is 2.28. The van der Waals surface area contributed by atoms with Crippen molar-refractivity contribution in [3.8, 4) is 0 Å². The molecule has 3 rings (SSSR count). The first-order valence-electron chi connectivity index (χ1n) is 10.1. The number of carbonyl (C=O) groups is 1. The van der Waals surface area contributed by atoms with Crippen LogP contribution in [0.3, 0.4) is 0 Å². The zero-order chi connectivity index (χ0) is 21.3. The Labute approximate surface area is 182 Å². The number of ether oxygens (including phenoxy) is 1. The molecular weight excluding hydrogens is 396 g/mol. The summed E-state index contributed by atoms with van der Waals surface area (Å²) in [6.07, 6.45) is 0.806. The Morgan fingerprint density at radius 2 is 1.87 bits per heavy atom. The lowest BCUT2D eigenvalue weighted by molar-refractivity contribution is 0.0634. The van der Waals surface area contributed by atoms with Gasteiger partial charge in [0.2, 0.25) is 0 Å². The lowest BCUT2D eigenvalue weighted by Gasteiger charge is -2.14. The average Bonchev–Trinajstić information content (AvgIpc) is 3.09. The van der Waals surface area contributed by atoms with E-state index >= 15 is 0 Å². The van der Waals surface area contributed by atoms with Crippen molar-refractivity contribution >= 4 is 17.7 Å². The molecule has 3 aromatic rings. The third-order valence-electron chi connectivity index (χ3n) is 4.93. The molecule has 2 aromatic carbocycles. The molecule has 0 fully saturated rings. The van der Waals surface area contributed by atoms with Gasteiger partial charge in [-0.2, -0.15) is 0 Å². The number of thioether (sulfide) groups is 1. The lowest BCUT2D eigenvalue weighted by atomic mass is 10.1. The molecule has 1 aromatic heterocycles. The lowest BCUT2D eigenvalue weighted by Crippen LogP contribution is -2.25. The van der Waals surface area contributed by atoms with E-state index in [0.29, 0.717) is 18.7 Å². The van der Waals surface area contributed by atoms with E-state index in [0.717, 1.165) is 39.7 Å². The first-order valence-corrected chi connectivity index (χ1v) is 11.1. The predicted octanol–water partition coefficient (Wildman–Crippen LogP) is 5.48. The molecule has 1 amide bonds. The van der Waals surface area contributed by atoms with Gasteiger partial charge in [-0.3, -0.25) is 4.79 Å². The predicted molar refractivity (Wildman–Crippen MR) is 120 cm³/mol. The number of benzene rings is 2. The smallest absolute Gasteiger partial charge is 0.252 e. The molecule has 1 N–H and O–H groups in total. The van der Waals surface area contributed by atoms with Crippen molar-refractivity contribution in [3.05, 3.63) is 82.7 Å². The third kappa shape index (κ3) is 5.97. The molecule has 0 aliphatic rings. The van der Waals surface area contributed by atoms with Crippen LogP contribution in [0.25, 0.3) is 0 Å². The second-order valence-electron chi connectivity index (χ2n) is 7.12. The molecule has 158 valence electrons. The van der Waals surface area contributed by atoms with E-state index in [1.807, 2.05) is 63.2 Å². The van der Waals surface area contributed by atoms with E-state index in [2.05, 4.69) is 22.6 Å². The standard InChI is InChI=1S/C24H28N2O3S/c1-17-22(19(3)29-26-17)16-30-23-13-8-7-12-21(23)24(27)25-14-9-15-28-18(2)20-10-5-4-6-11-20/h4-8,10-13,18H,9,14-16H2,1-3H3,(H,25,27). The molecule has 5 nitrogen and oxygen atoms in total. The van der Waals surface area contributed by atoms with E-state index < -0.39 is 0 Å². The van der Waals surface area contributed by atoms with Crippen molar-refractivity contribution in [2.24, 2.45) is 0 Å². The molecule has 6 heteroatoms. The van der Waals surface area contributed by atoms with Gasteiger partial charge in [-0.25, -0.2) is 0 Å². The summed E-state index contributed by atoms with van der Waals surface area (Å²) in [6, 6.07) is 17.8. The minimum Gasteiger partial charge on any atom is -0.374 e. The zero-order valence-electron chi connectivity index (χ0n) is 17.7. The van der Waals surface area contributed by atoms with Crippen LogP contribution < -0.4 is 5.32 Å². The minimum absolute atomic E-state index is 0.0448. The number of rotatable bonds is 10. The Bertz CT molecular complexity index is 937. The highest BCUT2D eigenvalue weighted by Gasteiger charge is 2.14. The summed E-state index contributed by atoms with van der Waals surface area (Å²) in [5.74, 6) is 1.48. The fourth-order valence-corrected chi connectivity index (χ4v) is 4.29. The van der Waals surface area contributed by atoms with E-state index in [4.69, 9.17) is 9.26 Å². The van der Waals surface area contributed by atoms with Crippen LogP contribution in [0, 0.1) is 13.8 Å². The molecule has 0 radical (unpaired) electrons. The normalized spacial score (nSPS) is 12.0. The maximum absolute atomic E-state index is 12.7. The van der Waals surface area contributed by atoms with Crippen molar-refractivity contribution in [2.75, 3.05) is 13.2 Å². The second-order valence-corrected chi connectivity index (χ2v) is 8.14. The van der Waals surface area contributed by atoms with Crippen molar-refractivity contribution in [1.82, 2.24) is 10.5 Å². The van der Waals surface area contributed by atoms with Gasteiger partial charge < -0.3 is 14.6 Å². The minimum atomic E-state index is -0.0621. The van der Waals surface area contributed by atoms with Crippen molar-refractivity contribution in [1.29, 1.82) is 0 Å². The fraction of sp³-hybridized carbons (Fsp3) is 0.333. The quantitative estimate of drug-likeness (QED) is 0.345. The summed E-state index contributed by atoms with van der Waals surface area (Å²) in [5, 5.41) is 7.00. The monoisotopic (exact) mass is 424 g/mol. The van der Waals surface area contributed by atoms with Gasteiger partial charge in [0, 0.05) is 29.4 Å². The van der Waals surface area contributed by atoms with Crippen LogP contribution >= 0.6 is 11.8 Å². The van der Waals surface area contributed by atoms with Gasteiger partial charge in [-0.15, -0.1) is 11.8 Å². The molecule has 1 unspecified atom stereocenters. The molecular formula is C24H28N2O3S. The fourth-order valence-electron chi connectivity index (χ4n) is 3.09. The van der Waals surface area contributed by atoms with Gasteiger partial charge in [0.05, 0.1) is 17.4 Å². The van der Waals surface area contributed by atoms with Gasteiger partial charge in [-0.05, 0) is 44.9 Å².